The largest absolute Gasteiger partial charge is 0.373 e. The molecule has 2 atom stereocenters. The molecule has 1 aliphatic rings. The number of carbonyl (C=O) groups is 1. The van der Waals surface area contributed by atoms with Gasteiger partial charge in [0.2, 0.25) is 5.91 Å². The molecule has 2 rings (SSSR count). The molecule has 0 bridgehead atoms. The topological polar surface area (TPSA) is 54.5 Å². The van der Waals surface area contributed by atoms with Gasteiger partial charge in [0, 0.05) is 31.4 Å². The number of morpholine rings is 1. The van der Waals surface area contributed by atoms with E-state index in [2.05, 4.69) is 29.0 Å². The Balaban J connectivity index is 1.87. The van der Waals surface area contributed by atoms with Crippen LogP contribution in [0.3, 0.4) is 0 Å². The Kier molecular flexibility index (Phi) is 5.51. The molecule has 1 amide bonds. The van der Waals surface area contributed by atoms with Crippen LogP contribution in [0.15, 0.2) is 5.38 Å². The molecule has 0 unspecified atom stereocenters. The summed E-state index contributed by atoms with van der Waals surface area (Å²) in [6.07, 6.45) is 1.93. The van der Waals surface area contributed by atoms with E-state index < -0.39 is 0 Å². The number of ether oxygens (including phenoxy) is 1. The lowest BCUT2D eigenvalue weighted by molar-refractivity contribution is -0.116. The van der Waals surface area contributed by atoms with Crippen LogP contribution < -0.4 is 5.32 Å². The van der Waals surface area contributed by atoms with Gasteiger partial charge in [0.25, 0.3) is 0 Å². The molecule has 1 fully saturated rings. The third-order valence-electron chi connectivity index (χ3n) is 3.16. The maximum atomic E-state index is 11.5. The molecule has 0 radical (unpaired) electrons. The molecule has 1 aliphatic heterocycles. The first-order valence-electron chi connectivity index (χ1n) is 7.19. The molecule has 1 N–H and O–H groups in total. The van der Waals surface area contributed by atoms with Gasteiger partial charge in [-0.1, -0.05) is 6.92 Å². The smallest absolute Gasteiger partial charge is 0.226 e. The Bertz CT molecular complexity index is 439. The molecular weight excluding hydrogens is 274 g/mol. The second-order valence-corrected chi connectivity index (χ2v) is 6.25. The van der Waals surface area contributed by atoms with Gasteiger partial charge in [0.15, 0.2) is 5.13 Å². The summed E-state index contributed by atoms with van der Waals surface area (Å²) in [5.41, 5.74) is 1.02. The Labute approximate surface area is 124 Å². The second-order valence-electron chi connectivity index (χ2n) is 5.39. The van der Waals surface area contributed by atoms with Gasteiger partial charge in [0.05, 0.1) is 17.9 Å². The lowest BCUT2D eigenvalue weighted by Crippen LogP contribution is -2.44. The number of thiazole rings is 1. The maximum absolute atomic E-state index is 11.5. The van der Waals surface area contributed by atoms with Crippen molar-refractivity contribution in [3.63, 3.8) is 0 Å². The third kappa shape index (κ3) is 4.54. The van der Waals surface area contributed by atoms with Gasteiger partial charge in [-0.3, -0.25) is 9.69 Å². The average Bonchev–Trinajstić information content (AvgIpc) is 2.75. The van der Waals surface area contributed by atoms with E-state index in [1.165, 1.54) is 11.3 Å². The molecule has 20 heavy (non-hydrogen) atoms. The van der Waals surface area contributed by atoms with Crippen molar-refractivity contribution in [1.29, 1.82) is 0 Å². The fourth-order valence-corrected chi connectivity index (χ4v) is 3.21. The van der Waals surface area contributed by atoms with E-state index >= 15 is 0 Å². The fraction of sp³-hybridized carbons (Fsp3) is 0.714. The quantitative estimate of drug-likeness (QED) is 0.907. The van der Waals surface area contributed by atoms with Gasteiger partial charge < -0.3 is 10.1 Å². The highest BCUT2D eigenvalue weighted by Gasteiger charge is 2.22. The summed E-state index contributed by atoms with van der Waals surface area (Å²) in [5, 5.41) is 5.57. The first kappa shape index (κ1) is 15.4. The summed E-state index contributed by atoms with van der Waals surface area (Å²) in [6, 6.07) is 0. The van der Waals surface area contributed by atoms with Crippen LogP contribution in [0.4, 0.5) is 5.13 Å². The highest BCUT2D eigenvalue weighted by atomic mass is 32.1. The van der Waals surface area contributed by atoms with Crippen molar-refractivity contribution in [3.8, 4) is 0 Å². The molecule has 5 nitrogen and oxygen atoms in total. The zero-order valence-electron chi connectivity index (χ0n) is 12.4. The minimum Gasteiger partial charge on any atom is -0.373 e. The number of amides is 1. The summed E-state index contributed by atoms with van der Waals surface area (Å²) in [5.74, 6) is 0.0435. The first-order valence-corrected chi connectivity index (χ1v) is 8.06. The normalized spacial score (nSPS) is 23.8. The minimum atomic E-state index is 0.0435. The minimum absolute atomic E-state index is 0.0435. The molecule has 0 saturated carbocycles. The van der Waals surface area contributed by atoms with E-state index in [0.29, 0.717) is 11.6 Å². The number of aromatic nitrogens is 1. The van der Waals surface area contributed by atoms with Gasteiger partial charge in [-0.15, -0.1) is 11.3 Å². The van der Waals surface area contributed by atoms with Crippen molar-refractivity contribution in [2.75, 3.05) is 18.4 Å². The van der Waals surface area contributed by atoms with Crippen molar-refractivity contribution < 1.29 is 9.53 Å². The summed E-state index contributed by atoms with van der Waals surface area (Å²) in [7, 11) is 0. The number of nitrogens with one attached hydrogen (secondary N) is 1. The molecule has 2 heterocycles. The molecule has 0 aromatic carbocycles. The number of hydrogen-bond acceptors (Lipinski definition) is 5. The Morgan fingerprint density at radius 3 is 2.85 bits per heavy atom. The number of carbonyl (C=O) groups excluding carboxylic acids is 1. The van der Waals surface area contributed by atoms with Crippen molar-refractivity contribution in [2.24, 2.45) is 0 Å². The molecular formula is C14H23N3O2S. The highest BCUT2D eigenvalue weighted by Crippen LogP contribution is 2.19. The molecule has 1 aromatic rings. The third-order valence-corrected chi connectivity index (χ3v) is 3.96. The number of anilines is 1. The van der Waals surface area contributed by atoms with E-state index in [1.54, 1.807) is 0 Å². The van der Waals surface area contributed by atoms with E-state index in [9.17, 15) is 4.79 Å². The predicted octanol–water partition coefficient (Wildman–Crippen LogP) is 2.49. The highest BCUT2D eigenvalue weighted by molar-refractivity contribution is 7.13. The molecule has 6 heteroatoms. The fourth-order valence-electron chi connectivity index (χ4n) is 2.49. The standard InChI is InChI=1S/C14H23N3O2S/c1-4-5-13(18)16-14-15-12(9-20-14)8-17-6-10(2)19-11(3)7-17/h9-11H,4-8H2,1-3H3,(H,15,16,18)/t10-,11-/m0/s1. The van der Waals surface area contributed by atoms with E-state index in [4.69, 9.17) is 4.74 Å². The number of hydrogen-bond donors (Lipinski definition) is 1. The SMILES string of the molecule is CCCC(=O)Nc1nc(CN2C[C@H](C)O[C@@H](C)C2)cs1. The molecule has 112 valence electrons. The van der Waals surface area contributed by atoms with Crippen molar-refractivity contribution in [2.45, 2.75) is 52.4 Å². The van der Waals surface area contributed by atoms with Crippen molar-refractivity contribution in [3.05, 3.63) is 11.1 Å². The van der Waals surface area contributed by atoms with E-state index in [0.717, 1.165) is 31.7 Å². The van der Waals surface area contributed by atoms with Crippen LogP contribution in [-0.2, 0) is 16.1 Å². The summed E-state index contributed by atoms with van der Waals surface area (Å²) < 4.78 is 5.72. The molecule has 1 saturated heterocycles. The van der Waals surface area contributed by atoms with Crippen molar-refractivity contribution in [1.82, 2.24) is 9.88 Å². The molecule has 0 aliphatic carbocycles. The van der Waals surface area contributed by atoms with E-state index in [1.807, 2.05) is 12.3 Å². The van der Waals surface area contributed by atoms with Gasteiger partial charge in [-0.2, -0.15) is 0 Å². The maximum Gasteiger partial charge on any atom is 0.226 e. The number of rotatable bonds is 5. The van der Waals surface area contributed by atoms with Gasteiger partial charge in [0.1, 0.15) is 0 Å². The van der Waals surface area contributed by atoms with Crippen LogP contribution >= 0.6 is 11.3 Å². The average molecular weight is 297 g/mol. The first-order chi connectivity index (χ1) is 9.56. The second kappa shape index (κ2) is 7.15. The predicted molar refractivity (Wildman–Crippen MR) is 80.9 cm³/mol. The van der Waals surface area contributed by atoms with Crippen LogP contribution in [0, 0.1) is 0 Å². The van der Waals surface area contributed by atoms with Crippen LogP contribution in [0.25, 0.3) is 0 Å². The zero-order valence-corrected chi connectivity index (χ0v) is 13.2. The van der Waals surface area contributed by atoms with Crippen LogP contribution in [-0.4, -0.2) is 41.1 Å². The Hall–Kier alpha value is -0.980. The number of nitrogens with zero attached hydrogens (tertiary/aromatic N) is 2. The molecule has 1 aromatic heterocycles. The Morgan fingerprint density at radius 1 is 1.50 bits per heavy atom. The lowest BCUT2D eigenvalue weighted by atomic mass is 10.2. The summed E-state index contributed by atoms with van der Waals surface area (Å²) >= 11 is 1.49. The summed E-state index contributed by atoms with van der Waals surface area (Å²) in [6.45, 7) is 8.87. The van der Waals surface area contributed by atoms with Gasteiger partial charge in [-0.25, -0.2) is 4.98 Å². The van der Waals surface area contributed by atoms with Gasteiger partial charge >= 0.3 is 0 Å². The molecule has 0 spiro atoms. The lowest BCUT2D eigenvalue weighted by Gasteiger charge is -2.34. The summed E-state index contributed by atoms with van der Waals surface area (Å²) in [4.78, 5) is 18.4. The monoisotopic (exact) mass is 297 g/mol. The van der Waals surface area contributed by atoms with Crippen LogP contribution in [0.2, 0.25) is 0 Å². The van der Waals surface area contributed by atoms with Gasteiger partial charge in [-0.05, 0) is 20.3 Å². The van der Waals surface area contributed by atoms with Crippen LogP contribution in [0.1, 0.15) is 39.3 Å². The van der Waals surface area contributed by atoms with Crippen LogP contribution in [0.5, 0.6) is 0 Å². The van der Waals surface area contributed by atoms with E-state index in [-0.39, 0.29) is 18.1 Å². The zero-order chi connectivity index (χ0) is 14.5. The Morgan fingerprint density at radius 2 is 2.20 bits per heavy atom. The van der Waals surface area contributed by atoms with Crippen molar-refractivity contribution >= 4 is 22.4 Å².